The van der Waals surface area contributed by atoms with Crippen molar-refractivity contribution in [1.29, 1.82) is 0 Å². The predicted molar refractivity (Wildman–Crippen MR) is 137 cm³/mol. The normalized spacial score (nSPS) is 11.1. The number of hydrogen-bond donors (Lipinski definition) is 2. The molecule has 8 heteroatoms. The zero-order valence-corrected chi connectivity index (χ0v) is 20.3. The second kappa shape index (κ2) is 12.0. The Hall–Kier alpha value is -3.14. The van der Waals surface area contributed by atoms with Crippen molar-refractivity contribution < 1.29 is 4.74 Å². The van der Waals surface area contributed by atoms with Gasteiger partial charge in [0.15, 0.2) is 17.4 Å². The maximum atomic E-state index is 5.80. The van der Waals surface area contributed by atoms with Gasteiger partial charge in [0.1, 0.15) is 12.4 Å². The summed E-state index contributed by atoms with van der Waals surface area (Å²) in [5.41, 5.74) is 3.09. The first kappa shape index (κ1) is 23.5. The Morgan fingerprint density at radius 2 is 1.66 bits per heavy atom. The lowest BCUT2D eigenvalue weighted by atomic mass is 10.1. The van der Waals surface area contributed by atoms with E-state index >= 15 is 0 Å². The minimum atomic E-state index is 0. The van der Waals surface area contributed by atoms with Crippen molar-refractivity contribution >= 4 is 35.6 Å². The zero-order chi connectivity index (χ0) is 21.3. The van der Waals surface area contributed by atoms with Gasteiger partial charge in [0, 0.05) is 12.7 Å². The molecule has 0 atom stereocenters. The monoisotopic (exact) mass is 542 g/mol. The topological polar surface area (TPSA) is 75.8 Å². The highest BCUT2D eigenvalue weighted by molar-refractivity contribution is 14.0. The van der Waals surface area contributed by atoms with Gasteiger partial charge < -0.3 is 15.4 Å². The van der Waals surface area contributed by atoms with Crippen LogP contribution >= 0.6 is 24.0 Å². The van der Waals surface area contributed by atoms with E-state index in [-0.39, 0.29) is 24.0 Å². The van der Waals surface area contributed by atoms with Crippen LogP contribution < -0.4 is 15.4 Å². The summed E-state index contributed by atoms with van der Waals surface area (Å²) in [5.74, 6) is 2.45. The van der Waals surface area contributed by atoms with Crippen LogP contribution in [-0.4, -0.2) is 27.1 Å². The smallest absolute Gasteiger partial charge is 0.191 e. The molecule has 0 saturated carbocycles. The molecule has 4 rings (SSSR count). The maximum absolute atomic E-state index is 5.80. The van der Waals surface area contributed by atoms with Crippen molar-refractivity contribution in [2.45, 2.75) is 26.6 Å². The molecule has 0 fully saturated rings. The van der Waals surface area contributed by atoms with Crippen LogP contribution in [0.5, 0.6) is 5.75 Å². The van der Waals surface area contributed by atoms with Gasteiger partial charge in [-0.15, -0.1) is 34.2 Å². The Morgan fingerprint density at radius 3 is 2.44 bits per heavy atom. The Balaban J connectivity index is 0.00000289. The molecule has 32 heavy (non-hydrogen) atoms. The highest BCUT2D eigenvalue weighted by atomic mass is 127. The second-order valence-electron chi connectivity index (χ2n) is 7.01. The summed E-state index contributed by atoms with van der Waals surface area (Å²) < 4.78 is 7.76. The molecule has 2 N–H and O–H groups in total. The van der Waals surface area contributed by atoms with E-state index in [9.17, 15) is 0 Å². The SMILES string of the molecule is CCNC(=NCc1ccc(COc2ccccc2)cc1)NCc1nnc2ccccn12.I. The van der Waals surface area contributed by atoms with E-state index in [1.54, 1.807) is 0 Å². The Bertz CT molecular complexity index is 1130. The average molecular weight is 542 g/mol. The highest BCUT2D eigenvalue weighted by Gasteiger charge is 2.06. The number of nitrogens with zero attached hydrogens (tertiary/aromatic N) is 4. The van der Waals surface area contributed by atoms with Crippen LogP contribution in [0.2, 0.25) is 0 Å². The number of halogens is 1. The standard InChI is InChI=1S/C24H26N6O.HI/c1-2-25-24(27-17-23-29-28-22-10-6-7-15-30(22)23)26-16-19-11-13-20(14-12-19)18-31-21-8-4-3-5-9-21;/h3-15H,2,16-18H2,1H3,(H2,25,26,27);1H. The van der Waals surface area contributed by atoms with Crippen molar-refractivity contribution in [3.05, 3.63) is 95.9 Å². The Morgan fingerprint density at radius 1 is 0.906 bits per heavy atom. The van der Waals surface area contributed by atoms with Gasteiger partial charge in [-0.1, -0.05) is 48.5 Å². The number of nitrogens with one attached hydrogen (secondary N) is 2. The summed E-state index contributed by atoms with van der Waals surface area (Å²) >= 11 is 0. The van der Waals surface area contributed by atoms with Gasteiger partial charge in [-0.2, -0.15) is 0 Å². The number of ether oxygens (including phenoxy) is 1. The quantitative estimate of drug-likeness (QED) is 0.199. The number of hydrogen-bond acceptors (Lipinski definition) is 4. The molecular formula is C24H27IN6O. The third kappa shape index (κ3) is 6.43. The first-order chi connectivity index (χ1) is 15.3. The van der Waals surface area contributed by atoms with Crippen molar-refractivity contribution in [1.82, 2.24) is 25.2 Å². The molecule has 2 heterocycles. The molecule has 0 radical (unpaired) electrons. The number of aromatic nitrogens is 3. The molecule has 0 spiro atoms. The molecule has 0 amide bonds. The summed E-state index contributed by atoms with van der Waals surface area (Å²) in [7, 11) is 0. The van der Waals surface area contributed by atoms with Gasteiger partial charge in [0.05, 0.1) is 13.1 Å². The Kier molecular flexibility index (Phi) is 8.85. The molecule has 4 aromatic rings. The van der Waals surface area contributed by atoms with Crippen molar-refractivity contribution in [2.75, 3.05) is 6.54 Å². The molecule has 0 aliphatic heterocycles. The number of pyridine rings is 1. The van der Waals surface area contributed by atoms with Crippen LogP contribution in [0.15, 0.2) is 84.0 Å². The summed E-state index contributed by atoms with van der Waals surface area (Å²) in [6.07, 6.45) is 1.96. The summed E-state index contributed by atoms with van der Waals surface area (Å²) in [6, 6.07) is 24.0. The van der Waals surface area contributed by atoms with E-state index in [0.29, 0.717) is 19.7 Å². The van der Waals surface area contributed by atoms with Gasteiger partial charge in [-0.25, -0.2) is 4.99 Å². The molecule has 2 aromatic carbocycles. The van der Waals surface area contributed by atoms with E-state index in [0.717, 1.165) is 40.9 Å². The molecule has 0 bridgehead atoms. The van der Waals surface area contributed by atoms with E-state index in [1.807, 2.05) is 66.1 Å². The Labute approximate surface area is 205 Å². The number of guanidine groups is 1. The fraction of sp³-hybridized carbons (Fsp3) is 0.208. The highest BCUT2D eigenvalue weighted by Crippen LogP contribution is 2.12. The first-order valence-corrected chi connectivity index (χ1v) is 10.4. The van der Waals surface area contributed by atoms with Crippen LogP contribution in [0, 0.1) is 0 Å². The van der Waals surface area contributed by atoms with E-state index in [4.69, 9.17) is 9.73 Å². The van der Waals surface area contributed by atoms with Gasteiger partial charge in [0.2, 0.25) is 0 Å². The minimum Gasteiger partial charge on any atom is -0.489 e. The number of aliphatic imine (C=N–C) groups is 1. The number of benzene rings is 2. The first-order valence-electron chi connectivity index (χ1n) is 10.4. The summed E-state index contributed by atoms with van der Waals surface area (Å²) in [6.45, 7) is 4.49. The van der Waals surface area contributed by atoms with Crippen LogP contribution in [0.3, 0.4) is 0 Å². The van der Waals surface area contributed by atoms with E-state index in [1.165, 1.54) is 0 Å². The molecule has 0 aliphatic rings. The van der Waals surface area contributed by atoms with Gasteiger partial charge in [-0.3, -0.25) is 4.40 Å². The zero-order valence-electron chi connectivity index (χ0n) is 17.9. The molecule has 7 nitrogen and oxygen atoms in total. The molecule has 0 unspecified atom stereocenters. The lowest BCUT2D eigenvalue weighted by molar-refractivity contribution is 0.306. The largest absolute Gasteiger partial charge is 0.489 e. The third-order valence-corrected chi connectivity index (χ3v) is 4.73. The average Bonchev–Trinajstić information content (AvgIpc) is 3.24. The van der Waals surface area contributed by atoms with Crippen LogP contribution in [0.4, 0.5) is 0 Å². The lowest BCUT2D eigenvalue weighted by Crippen LogP contribution is -2.37. The maximum Gasteiger partial charge on any atom is 0.191 e. The second-order valence-corrected chi connectivity index (χ2v) is 7.01. The summed E-state index contributed by atoms with van der Waals surface area (Å²) in [4.78, 5) is 4.69. The fourth-order valence-corrected chi connectivity index (χ4v) is 3.11. The number of para-hydroxylation sites is 1. The van der Waals surface area contributed by atoms with Crippen molar-refractivity contribution in [2.24, 2.45) is 4.99 Å². The van der Waals surface area contributed by atoms with Gasteiger partial charge >= 0.3 is 0 Å². The van der Waals surface area contributed by atoms with Crippen LogP contribution in [0.1, 0.15) is 23.9 Å². The van der Waals surface area contributed by atoms with Gasteiger partial charge in [0.25, 0.3) is 0 Å². The molecule has 2 aromatic heterocycles. The number of rotatable bonds is 8. The van der Waals surface area contributed by atoms with Crippen molar-refractivity contribution in [3.63, 3.8) is 0 Å². The number of fused-ring (bicyclic) bond motifs is 1. The third-order valence-electron chi connectivity index (χ3n) is 4.73. The predicted octanol–water partition coefficient (Wildman–Crippen LogP) is 4.18. The van der Waals surface area contributed by atoms with Crippen LogP contribution in [-0.2, 0) is 19.7 Å². The van der Waals surface area contributed by atoms with Crippen LogP contribution in [0.25, 0.3) is 5.65 Å². The lowest BCUT2D eigenvalue weighted by Gasteiger charge is -2.11. The van der Waals surface area contributed by atoms with E-state index in [2.05, 4.69) is 45.1 Å². The minimum absolute atomic E-state index is 0. The molecular weight excluding hydrogens is 515 g/mol. The fourth-order valence-electron chi connectivity index (χ4n) is 3.11. The van der Waals surface area contributed by atoms with Gasteiger partial charge in [-0.05, 0) is 42.3 Å². The molecule has 0 aliphatic carbocycles. The summed E-state index contributed by atoms with van der Waals surface area (Å²) in [5, 5.41) is 15.0. The molecule has 166 valence electrons. The van der Waals surface area contributed by atoms with Crippen molar-refractivity contribution in [3.8, 4) is 5.75 Å². The molecule has 0 saturated heterocycles. The van der Waals surface area contributed by atoms with E-state index < -0.39 is 0 Å².